The van der Waals surface area contributed by atoms with Gasteiger partial charge < -0.3 is 13.8 Å². The van der Waals surface area contributed by atoms with Gasteiger partial charge in [0.25, 0.3) is 0 Å². The Morgan fingerprint density at radius 1 is 1.25 bits per heavy atom. The van der Waals surface area contributed by atoms with Gasteiger partial charge in [0.15, 0.2) is 0 Å². The third-order valence-corrected chi connectivity index (χ3v) is 0. The van der Waals surface area contributed by atoms with Crippen molar-refractivity contribution in [2.45, 2.75) is 0 Å². The third-order valence-electron chi connectivity index (χ3n) is 0. The van der Waals surface area contributed by atoms with E-state index in [4.69, 9.17) is 0 Å². The zero-order chi connectivity index (χ0) is 0. The van der Waals surface area contributed by atoms with Gasteiger partial charge in [0, 0.05) is 0 Å². The minimum Gasteiger partial charge on any atom is -1.00 e. The maximum Gasteiger partial charge on any atom is 2.00 e. The molecule has 0 aliphatic heterocycles. The largest absolute Gasteiger partial charge is 2.00 e. The molecule has 0 rings (SSSR count). The van der Waals surface area contributed by atoms with Gasteiger partial charge in [-0.05, 0) is 0 Å². The predicted molar refractivity (Wildman–Crippen MR) is 13.5 cm³/mol. The molecular weight excluding hydrogens is 95.4 g/mol. The summed E-state index contributed by atoms with van der Waals surface area (Å²) in [6.45, 7) is 0. The molecule has 4 heteroatoms. The maximum atomic E-state index is 0. The van der Waals surface area contributed by atoms with Gasteiger partial charge in [0.1, 0.15) is 0 Å². The Hall–Kier alpha value is 2.32. The van der Waals surface area contributed by atoms with Gasteiger partial charge in [-0.1, -0.05) is 0 Å². The van der Waals surface area contributed by atoms with Crippen molar-refractivity contribution in [3.05, 3.63) is 0 Å². The van der Waals surface area contributed by atoms with Crippen LogP contribution in [0.25, 0.3) is 0 Å². The van der Waals surface area contributed by atoms with Crippen LogP contribution in [0.2, 0.25) is 0 Å². The van der Waals surface area contributed by atoms with Crippen molar-refractivity contribution in [2.75, 3.05) is 0 Å². The van der Waals surface area contributed by atoms with E-state index in [9.17, 15) is 0 Å². The summed E-state index contributed by atoms with van der Waals surface area (Å²) in [6, 6.07) is 0. The minimum atomic E-state index is 0. The molecule has 0 spiro atoms. The van der Waals surface area contributed by atoms with Gasteiger partial charge in [0.2, 0.25) is 0 Å². The minimum absolute atomic E-state index is 0. The van der Waals surface area contributed by atoms with Crippen molar-refractivity contribution < 1.29 is 65.2 Å². The van der Waals surface area contributed by atoms with Crippen LogP contribution in [-0.4, -0.2) is 34.0 Å². The molecule has 0 saturated heterocycles. The van der Waals surface area contributed by atoms with Crippen LogP contribution in [0, 0.1) is 0 Å². The Morgan fingerprint density at radius 2 is 1.25 bits per heavy atom. The van der Waals surface area contributed by atoms with Crippen molar-refractivity contribution in [3.8, 4) is 0 Å². The van der Waals surface area contributed by atoms with E-state index in [2.05, 4.69) is 0 Å². The van der Waals surface area contributed by atoms with E-state index in [-0.39, 0.29) is 88.2 Å². The first-order valence-corrected chi connectivity index (χ1v) is 0. The van der Waals surface area contributed by atoms with Crippen LogP contribution in [-0.2, 0) is 0 Å². The van der Waals surface area contributed by atoms with Crippen molar-refractivity contribution >= 4 is 23.1 Å². The summed E-state index contributed by atoms with van der Waals surface area (Å²) < 4.78 is 0. The first-order chi connectivity index (χ1) is 0. The first-order valence-electron chi connectivity index (χ1n) is 0. The molecule has 0 aliphatic carbocycles. The smallest absolute Gasteiger partial charge is 1.00 e. The summed E-state index contributed by atoms with van der Waals surface area (Å²) in [5, 5.41) is 0. The van der Waals surface area contributed by atoms with Gasteiger partial charge in [-0.15, -0.1) is 0 Å². The third kappa shape index (κ3) is 8.85. The molecule has 20 valence electrons. The molecule has 4 heavy (non-hydrogen) atoms. The summed E-state index contributed by atoms with van der Waals surface area (Å²) in [4.78, 5) is 0. The van der Waals surface area contributed by atoms with E-state index in [1.807, 2.05) is 0 Å². The molecule has 0 fully saturated rings. The second-order valence-corrected chi connectivity index (χ2v) is 0. The zero-order valence-corrected chi connectivity index (χ0v) is 7.19. The fraction of sp³-hybridized carbons (Fsp3) is 0. The second-order valence-electron chi connectivity index (χ2n) is 0. The van der Waals surface area contributed by atoms with Crippen LogP contribution in [0.1, 0.15) is 2.85 Å². The standard InChI is InChI=1S/K.Mg.2H2O.2H/h;;2*1H2;;/q+1;+2;;;2*-1/p-1. The normalized spacial score (nSPS) is 0. The summed E-state index contributed by atoms with van der Waals surface area (Å²) in [6.07, 6.45) is 0. The molecular formula is H5KMgO2. The topological polar surface area (TPSA) is 61.5 Å². The van der Waals surface area contributed by atoms with Crippen LogP contribution in [0.3, 0.4) is 0 Å². The van der Waals surface area contributed by atoms with Crippen LogP contribution in [0.15, 0.2) is 0 Å². The van der Waals surface area contributed by atoms with Gasteiger partial charge in [-0.3, -0.25) is 0 Å². The van der Waals surface area contributed by atoms with Gasteiger partial charge in [-0.2, -0.15) is 0 Å². The van der Waals surface area contributed by atoms with Crippen LogP contribution >= 0.6 is 0 Å². The molecule has 2 nitrogen and oxygen atoms in total. The van der Waals surface area contributed by atoms with E-state index in [0.29, 0.717) is 0 Å². The molecule has 0 aliphatic rings. The second kappa shape index (κ2) is 18.4. The van der Waals surface area contributed by atoms with Crippen molar-refractivity contribution in [3.63, 3.8) is 0 Å². The molecule has 0 amide bonds. The average Bonchev–Trinajstić information content (AvgIpc) is 0. The fourth-order valence-electron chi connectivity index (χ4n) is 0. The van der Waals surface area contributed by atoms with E-state index in [1.54, 1.807) is 0 Å². The molecule has 0 saturated carbocycles. The summed E-state index contributed by atoms with van der Waals surface area (Å²) >= 11 is 0. The Morgan fingerprint density at radius 3 is 1.25 bits per heavy atom. The van der Waals surface area contributed by atoms with Crippen LogP contribution in [0.5, 0.6) is 0 Å². The molecule has 0 aromatic heterocycles. The molecule has 0 bridgehead atoms. The van der Waals surface area contributed by atoms with E-state index in [1.165, 1.54) is 0 Å². The number of hydrogen-bond donors (Lipinski definition) is 0. The number of rotatable bonds is 0. The Kier molecular flexibility index (Phi) is 153. The summed E-state index contributed by atoms with van der Waals surface area (Å²) in [5.41, 5.74) is 0. The molecule has 0 aromatic carbocycles. The van der Waals surface area contributed by atoms with Gasteiger partial charge in [-0.25, -0.2) is 0 Å². The Balaban J connectivity index is 0. The summed E-state index contributed by atoms with van der Waals surface area (Å²) in [7, 11) is 0. The van der Waals surface area contributed by atoms with Crippen LogP contribution < -0.4 is 51.4 Å². The molecule has 0 radical (unpaired) electrons. The number of hydrogen-bond acceptors (Lipinski definition) is 1. The monoisotopic (exact) mass is 100.0 g/mol. The maximum absolute atomic E-state index is 0. The van der Waals surface area contributed by atoms with E-state index < -0.39 is 0 Å². The zero-order valence-electron chi connectivity index (χ0n) is 4.65. The van der Waals surface area contributed by atoms with Gasteiger partial charge >= 0.3 is 74.4 Å². The average molecular weight is 100 g/mol. The Bertz CT molecular complexity index is 11.5. The first kappa shape index (κ1) is 33.2. The van der Waals surface area contributed by atoms with Gasteiger partial charge in [0.05, 0.1) is 0 Å². The van der Waals surface area contributed by atoms with E-state index in [0.717, 1.165) is 0 Å². The van der Waals surface area contributed by atoms with E-state index >= 15 is 0 Å². The van der Waals surface area contributed by atoms with Crippen LogP contribution in [0.4, 0.5) is 0 Å². The SMILES string of the molecule is O.[H-].[H-].[K+].[Mg+2].[OH-]. The van der Waals surface area contributed by atoms with Crippen molar-refractivity contribution in [1.29, 1.82) is 0 Å². The predicted octanol–water partition coefficient (Wildman–Crippen LogP) is -4.15. The molecule has 0 atom stereocenters. The fourth-order valence-corrected chi connectivity index (χ4v) is 0. The Labute approximate surface area is 86.5 Å². The molecule has 0 unspecified atom stereocenters. The van der Waals surface area contributed by atoms with Crippen molar-refractivity contribution in [2.24, 2.45) is 0 Å². The van der Waals surface area contributed by atoms with Crippen molar-refractivity contribution in [1.82, 2.24) is 0 Å². The molecule has 3 N–H and O–H groups in total. The molecule has 0 heterocycles. The quantitative estimate of drug-likeness (QED) is 0.285. The summed E-state index contributed by atoms with van der Waals surface area (Å²) in [5.74, 6) is 0. The molecule has 0 aromatic rings.